The number of piperazine rings is 1. The van der Waals surface area contributed by atoms with Crippen LogP contribution in [0.4, 0.5) is 11.4 Å². The van der Waals surface area contributed by atoms with Crippen LogP contribution < -0.4 is 20.9 Å². The minimum absolute atomic E-state index is 0.0493. The monoisotopic (exact) mass is 308 g/mol. The largest absolute Gasteiger partial charge is 0.352 e. The van der Waals surface area contributed by atoms with Crippen LogP contribution in [0.15, 0.2) is 12.1 Å². The number of likely N-dealkylation sites (N-methyl/N-ethyl adjacent to an activating group) is 1. The third kappa shape index (κ3) is 2.34. The van der Waals surface area contributed by atoms with Gasteiger partial charge in [0.2, 0.25) is 17.7 Å². The maximum atomic E-state index is 11.8. The van der Waals surface area contributed by atoms with E-state index < -0.39 is 6.04 Å². The summed E-state index contributed by atoms with van der Waals surface area (Å²) in [5, 5.41) is 8.29. The number of imide groups is 1. The van der Waals surface area contributed by atoms with Crippen molar-refractivity contribution in [3.8, 4) is 0 Å². The van der Waals surface area contributed by atoms with Gasteiger partial charge in [0.15, 0.2) is 0 Å². The van der Waals surface area contributed by atoms with Crippen LogP contribution in [0.3, 0.4) is 0 Å². The van der Waals surface area contributed by atoms with E-state index in [1.807, 2.05) is 0 Å². The molecular formula is C13H13ClN4O3. The molecule has 0 aromatic heterocycles. The van der Waals surface area contributed by atoms with Gasteiger partial charge in [0.1, 0.15) is 6.04 Å². The van der Waals surface area contributed by atoms with Gasteiger partial charge in [-0.05, 0) is 19.2 Å². The molecule has 1 unspecified atom stereocenters. The highest BCUT2D eigenvalue weighted by Gasteiger charge is 2.32. The quantitative estimate of drug-likeness (QED) is 0.670. The molecule has 1 saturated heterocycles. The van der Waals surface area contributed by atoms with Crippen LogP contribution in [-0.4, -0.2) is 37.9 Å². The first-order valence-electron chi connectivity index (χ1n) is 6.39. The average Bonchev–Trinajstić information content (AvgIpc) is 2.71. The molecule has 0 bridgehead atoms. The standard InChI is InChI=1S/C13H13ClN4O3/c1-15-12-6-2-7(14)9(3-8(6)16-13(12)21)18-4-10(19)17-11(20)5-18/h2-3,12,15H,4-5H2,1H3,(H,16,21)(H,17,19,20). The van der Waals surface area contributed by atoms with Crippen molar-refractivity contribution in [2.45, 2.75) is 6.04 Å². The number of amides is 3. The Morgan fingerprint density at radius 1 is 1.19 bits per heavy atom. The molecule has 1 aromatic rings. The number of carbonyl (C=O) groups is 3. The summed E-state index contributed by atoms with van der Waals surface area (Å²) >= 11 is 6.26. The Morgan fingerprint density at radius 2 is 1.86 bits per heavy atom. The molecule has 21 heavy (non-hydrogen) atoms. The molecule has 0 aliphatic carbocycles. The van der Waals surface area contributed by atoms with Gasteiger partial charge in [-0.2, -0.15) is 0 Å². The van der Waals surface area contributed by atoms with E-state index in [0.29, 0.717) is 16.4 Å². The Labute approximate surface area is 125 Å². The Hall–Kier alpha value is -2.12. The van der Waals surface area contributed by atoms with Crippen molar-refractivity contribution in [1.82, 2.24) is 10.6 Å². The zero-order valence-corrected chi connectivity index (χ0v) is 12.0. The van der Waals surface area contributed by atoms with Crippen molar-refractivity contribution in [1.29, 1.82) is 0 Å². The Bertz CT molecular complexity index is 645. The minimum Gasteiger partial charge on any atom is -0.352 e. The second-order valence-corrected chi connectivity index (χ2v) is 5.34. The summed E-state index contributed by atoms with van der Waals surface area (Å²) in [5.41, 5.74) is 1.94. The van der Waals surface area contributed by atoms with Crippen LogP contribution in [-0.2, 0) is 14.4 Å². The molecule has 0 radical (unpaired) electrons. The van der Waals surface area contributed by atoms with E-state index in [9.17, 15) is 14.4 Å². The molecule has 2 heterocycles. The van der Waals surface area contributed by atoms with Crippen molar-refractivity contribution in [3.05, 3.63) is 22.7 Å². The van der Waals surface area contributed by atoms with Gasteiger partial charge in [0.25, 0.3) is 0 Å². The fourth-order valence-corrected chi connectivity index (χ4v) is 2.90. The maximum absolute atomic E-state index is 11.8. The van der Waals surface area contributed by atoms with Crippen LogP contribution in [0.5, 0.6) is 0 Å². The molecule has 0 spiro atoms. The molecule has 1 aromatic carbocycles. The lowest BCUT2D eigenvalue weighted by atomic mass is 10.1. The Balaban J connectivity index is 1.99. The van der Waals surface area contributed by atoms with Gasteiger partial charge in [-0.1, -0.05) is 11.6 Å². The number of fused-ring (bicyclic) bond motifs is 1. The van der Waals surface area contributed by atoms with Gasteiger partial charge in [0, 0.05) is 11.3 Å². The third-order valence-electron chi connectivity index (χ3n) is 3.53. The third-order valence-corrected chi connectivity index (χ3v) is 3.83. The molecule has 1 atom stereocenters. The first-order valence-corrected chi connectivity index (χ1v) is 6.76. The van der Waals surface area contributed by atoms with Crippen molar-refractivity contribution in [3.63, 3.8) is 0 Å². The van der Waals surface area contributed by atoms with E-state index >= 15 is 0 Å². The highest BCUT2D eigenvalue weighted by atomic mass is 35.5. The molecule has 110 valence electrons. The fraction of sp³-hybridized carbons (Fsp3) is 0.308. The number of benzene rings is 1. The number of anilines is 2. The Morgan fingerprint density at radius 3 is 2.48 bits per heavy atom. The number of rotatable bonds is 2. The van der Waals surface area contributed by atoms with Crippen LogP contribution in [0.1, 0.15) is 11.6 Å². The van der Waals surface area contributed by atoms with Crippen LogP contribution in [0.25, 0.3) is 0 Å². The molecule has 7 nitrogen and oxygen atoms in total. The van der Waals surface area contributed by atoms with Gasteiger partial charge in [-0.3, -0.25) is 19.7 Å². The molecule has 0 saturated carbocycles. The predicted octanol–water partition coefficient (Wildman–Crippen LogP) is 0.0154. The lowest BCUT2D eigenvalue weighted by Gasteiger charge is -2.28. The number of halogens is 1. The summed E-state index contributed by atoms with van der Waals surface area (Å²) in [6, 6.07) is 2.93. The zero-order valence-electron chi connectivity index (χ0n) is 11.2. The van der Waals surface area contributed by atoms with Crippen molar-refractivity contribution >= 4 is 40.7 Å². The molecule has 3 amide bonds. The first kappa shape index (κ1) is 13.8. The topological polar surface area (TPSA) is 90.5 Å². The van der Waals surface area contributed by atoms with Crippen molar-refractivity contribution in [2.75, 3.05) is 30.4 Å². The summed E-state index contributed by atoms with van der Waals surface area (Å²) in [7, 11) is 1.69. The summed E-state index contributed by atoms with van der Waals surface area (Å²) in [5.74, 6) is -0.909. The minimum atomic E-state index is -0.446. The Kier molecular flexibility index (Phi) is 3.30. The van der Waals surface area contributed by atoms with E-state index in [0.717, 1.165) is 5.56 Å². The zero-order chi connectivity index (χ0) is 15.1. The SMILES string of the molecule is CNC1C(=O)Nc2cc(N3CC(=O)NC(=O)C3)c(Cl)cc21. The van der Waals surface area contributed by atoms with Crippen LogP contribution in [0, 0.1) is 0 Å². The number of nitrogens with one attached hydrogen (secondary N) is 3. The lowest BCUT2D eigenvalue weighted by Crippen LogP contribution is -2.51. The summed E-state index contributed by atoms with van der Waals surface area (Å²) in [4.78, 5) is 36.3. The molecule has 2 aliphatic rings. The predicted molar refractivity (Wildman–Crippen MR) is 77.2 cm³/mol. The summed E-state index contributed by atoms with van der Waals surface area (Å²) in [6.45, 7) is 0.0985. The van der Waals surface area contributed by atoms with Crippen molar-refractivity contribution < 1.29 is 14.4 Å². The fourth-order valence-electron chi connectivity index (χ4n) is 2.61. The second kappa shape index (κ2) is 5.01. The summed E-state index contributed by atoms with van der Waals surface area (Å²) < 4.78 is 0. The van der Waals surface area contributed by atoms with E-state index in [2.05, 4.69) is 16.0 Å². The molecular weight excluding hydrogens is 296 g/mol. The smallest absolute Gasteiger partial charge is 0.246 e. The molecule has 2 aliphatic heterocycles. The van der Waals surface area contributed by atoms with Crippen molar-refractivity contribution in [2.24, 2.45) is 0 Å². The first-order chi connectivity index (χ1) is 9.99. The number of hydrogen-bond acceptors (Lipinski definition) is 5. The van der Waals surface area contributed by atoms with Crippen LogP contribution in [0.2, 0.25) is 5.02 Å². The van der Waals surface area contributed by atoms with E-state index in [1.54, 1.807) is 24.1 Å². The van der Waals surface area contributed by atoms with Gasteiger partial charge in [-0.15, -0.1) is 0 Å². The number of carbonyl (C=O) groups excluding carboxylic acids is 3. The van der Waals surface area contributed by atoms with Gasteiger partial charge < -0.3 is 15.5 Å². The maximum Gasteiger partial charge on any atom is 0.246 e. The number of hydrogen-bond donors (Lipinski definition) is 3. The lowest BCUT2D eigenvalue weighted by molar-refractivity contribution is -0.130. The highest BCUT2D eigenvalue weighted by molar-refractivity contribution is 6.34. The number of nitrogens with zero attached hydrogens (tertiary/aromatic N) is 1. The highest BCUT2D eigenvalue weighted by Crippen LogP contribution is 2.38. The molecule has 3 rings (SSSR count). The van der Waals surface area contributed by atoms with Gasteiger partial charge in [0.05, 0.1) is 23.8 Å². The van der Waals surface area contributed by atoms with Gasteiger partial charge in [-0.25, -0.2) is 0 Å². The molecule has 1 fully saturated rings. The average molecular weight is 309 g/mol. The van der Waals surface area contributed by atoms with E-state index in [-0.39, 0.29) is 30.8 Å². The van der Waals surface area contributed by atoms with Gasteiger partial charge >= 0.3 is 0 Å². The van der Waals surface area contributed by atoms with E-state index in [4.69, 9.17) is 11.6 Å². The summed E-state index contributed by atoms with van der Waals surface area (Å²) in [6.07, 6.45) is 0. The molecule has 3 N–H and O–H groups in total. The van der Waals surface area contributed by atoms with Crippen LogP contribution >= 0.6 is 11.6 Å². The van der Waals surface area contributed by atoms with E-state index in [1.165, 1.54) is 0 Å². The molecule has 8 heteroatoms. The normalized spacial score (nSPS) is 21.1. The second-order valence-electron chi connectivity index (χ2n) is 4.93.